The number of amides is 1. The molecular formula is C32H36N2O5. The van der Waals surface area contributed by atoms with Gasteiger partial charge in [-0.05, 0) is 55.7 Å². The quantitative estimate of drug-likeness (QED) is 0.262. The molecule has 1 aromatic carbocycles. The third-order valence-corrected chi connectivity index (χ3v) is 9.99. The lowest BCUT2D eigenvalue weighted by Gasteiger charge is -2.46. The first-order valence-electron chi connectivity index (χ1n) is 14.1. The topological polar surface area (TPSA) is 109 Å². The number of fused-ring (bicyclic) bond motifs is 3. The van der Waals surface area contributed by atoms with Crippen molar-refractivity contribution in [1.82, 2.24) is 10.3 Å². The minimum absolute atomic E-state index is 0.0299. The molecule has 7 heteroatoms. The van der Waals surface area contributed by atoms with Crippen LogP contribution in [0.15, 0.2) is 54.3 Å². The first-order chi connectivity index (χ1) is 18.6. The Kier molecular flexibility index (Phi) is 6.06. The number of aromatic amines is 1. The van der Waals surface area contributed by atoms with Gasteiger partial charge in [-0.1, -0.05) is 50.3 Å². The van der Waals surface area contributed by atoms with Crippen molar-refractivity contribution in [2.24, 2.45) is 29.1 Å². The Morgan fingerprint density at radius 1 is 1.08 bits per heavy atom. The number of ketones is 3. The van der Waals surface area contributed by atoms with Crippen LogP contribution in [0.25, 0.3) is 10.9 Å². The molecule has 3 heterocycles. The van der Waals surface area contributed by atoms with Gasteiger partial charge in [0.1, 0.15) is 11.2 Å². The zero-order chi connectivity index (χ0) is 27.7. The summed E-state index contributed by atoms with van der Waals surface area (Å²) < 4.78 is 6.34. The van der Waals surface area contributed by atoms with Gasteiger partial charge in [0.05, 0.1) is 11.7 Å². The Bertz CT molecular complexity index is 1450. The maximum absolute atomic E-state index is 14.3. The van der Waals surface area contributed by atoms with E-state index in [0.29, 0.717) is 18.4 Å². The SMILES string of the molecule is C/C1=C/[C@H](C)C/C=C/[C@@H]2[C@@H]3O[C@]3(C)[C@@H](C)[C@H]3[C@H](Cc4c[nH]c5ccccc45)NC(=O)[C@@]32C(=O)CCC(=O)C1=O. The molecule has 7 nitrogen and oxygen atoms in total. The van der Waals surface area contributed by atoms with Crippen molar-refractivity contribution in [1.29, 1.82) is 0 Å². The van der Waals surface area contributed by atoms with E-state index in [2.05, 4.69) is 30.2 Å². The van der Waals surface area contributed by atoms with Gasteiger partial charge in [0.2, 0.25) is 17.5 Å². The summed E-state index contributed by atoms with van der Waals surface area (Å²) in [6, 6.07) is 7.79. The van der Waals surface area contributed by atoms with Crippen LogP contribution in [0.5, 0.6) is 0 Å². The average molecular weight is 529 g/mol. The second-order valence-electron chi connectivity index (χ2n) is 12.2. The number of carbonyl (C=O) groups is 4. The highest BCUT2D eigenvalue weighted by Gasteiger charge is 2.78. The highest BCUT2D eigenvalue weighted by Crippen LogP contribution is 2.66. The second-order valence-corrected chi connectivity index (χ2v) is 12.2. The fraction of sp³-hybridized carbons (Fsp3) is 0.500. The minimum Gasteiger partial charge on any atom is -0.365 e. The van der Waals surface area contributed by atoms with Crippen molar-refractivity contribution in [3.8, 4) is 0 Å². The van der Waals surface area contributed by atoms with Crippen molar-refractivity contribution in [2.75, 3.05) is 0 Å². The summed E-state index contributed by atoms with van der Waals surface area (Å²) in [4.78, 5) is 57.3. The lowest BCUT2D eigenvalue weighted by Crippen LogP contribution is -2.58. The van der Waals surface area contributed by atoms with Gasteiger partial charge in [-0.25, -0.2) is 0 Å². The molecular weight excluding hydrogens is 492 g/mol. The normalized spacial score (nSPS) is 40.8. The lowest BCUT2D eigenvalue weighted by atomic mass is 9.51. The van der Waals surface area contributed by atoms with Gasteiger partial charge in [0.15, 0.2) is 0 Å². The van der Waals surface area contributed by atoms with Crippen LogP contribution in [0.2, 0.25) is 0 Å². The summed E-state index contributed by atoms with van der Waals surface area (Å²) in [5.74, 6) is -2.47. The molecule has 4 aliphatic rings. The number of benzene rings is 1. The van der Waals surface area contributed by atoms with Crippen molar-refractivity contribution in [3.63, 3.8) is 0 Å². The summed E-state index contributed by atoms with van der Waals surface area (Å²) in [6.07, 6.45) is 8.46. The van der Waals surface area contributed by atoms with E-state index in [-0.39, 0.29) is 54.4 Å². The van der Waals surface area contributed by atoms with E-state index in [9.17, 15) is 19.2 Å². The summed E-state index contributed by atoms with van der Waals surface area (Å²) in [6.45, 7) is 7.83. The fourth-order valence-corrected chi connectivity index (χ4v) is 7.84. The molecule has 0 radical (unpaired) electrons. The number of para-hydroxylation sites is 1. The minimum atomic E-state index is -1.35. The molecule has 2 aromatic rings. The van der Waals surface area contributed by atoms with Crippen molar-refractivity contribution in [2.45, 2.75) is 71.1 Å². The zero-order valence-corrected chi connectivity index (χ0v) is 23.0. The summed E-state index contributed by atoms with van der Waals surface area (Å²) in [7, 11) is 0. The Hall–Kier alpha value is -3.32. The van der Waals surface area contributed by atoms with E-state index in [1.165, 1.54) is 0 Å². The number of hydrogen-bond donors (Lipinski definition) is 2. The van der Waals surface area contributed by atoms with Crippen LogP contribution in [0.3, 0.4) is 0 Å². The van der Waals surface area contributed by atoms with E-state index < -0.39 is 28.5 Å². The number of nitrogens with one attached hydrogen (secondary N) is 2. The molecule has 1 saturated carbocycles. The number of Topliss-reactive ketones (excluding diaryl/α,β-unsaturated/α-hetero) is 3. The third-order valence-electron chi connectivity index (χ3n) is 9.99. The Morgan fingerprint density at radius 2 is 1.85 bits per heavy atom. The molecule has 8 atom stereocenters. The van der Waals surface area contributed by atoms with Gasteiger partial charge in [-0.15, -0.1) is 0 Å². The molecule has 0 bridgehead atoms. The monoisotopic (exact) mass is 528 g/mol. The van der Waals surface area contributed by atoms with Gasteiger partial charge >= 0.3 is 0 Å². The Balaban J connectivity index is 1.44. The Morgan fingerprint density at radius 3 is 2.64 bits per heavy atom. The van der Waals surface area contributed by atoms with Crippen LogP contribution in [0, 0.1) is 29.1 Å². The van der Waals surface area contributed by atoms with Crippen LogP contribution in [-0.4, -0.2) is 46.0 Å². The molecule has 2 N–H and O–H groups in total. The van der Waals surface area contributed by atoms with E-state index in [1.807, 2.05) is 49.5 Å². The number of epoxide rings is 1. The molecule has 1 aromatic heterocycles. The van der Waals surface area contributed by atoms with Crippen LogP contribution in [0.1, 0.15) is 52.5 Å². The second kappa shape index (κ2) is 9.12. The maximum Gasteiger partial charge on any atom is 0.235 e. The lowest BCUT2D eigenvalue weighted by molar-refractivity contribution is -0.149. The fourth-order valence-electron chi connectivity index (χ4n) is 7.84. The van der Waals surface area contributed by atoms with E-state index in [4.69, 9.17) is 4.74 Å². The predicted octanol–water partition coefficient (Wildman–Crippen LogP) is 4.26. The molecule has 2 aliphatic heterocycles. The molecule has 204 valence electrons. The first kappa shape index (κ1) is 25.9. The van der Waals surface area contributed by atoms with E-state index >= 15 is 0 Å². The first-order valence-corrected chi connectivity index (χ1v) is 14.1. The summed E-state index contributed by atoms with van der Waals surface area (Å²) in [5.41, 5.74) is 0.739. The summed E-state index contributed by atoms with van der Waals surface area (Å²) in [5, 5.41) is 4.34. The molecule has 0 unspecified atom stereocenters. The third kappa shape index (κ3) is 3.80. The van der Waals surface area contributed by atoms with E-state index in [0.717, 1.165) is 16.5 Å². The van der Waals surface area contributed by atoms with Crippen LogP contribution < -0.4 is 5.32 Å². The largest absolute Gasteiger partial charge is 0.365 e. The molecule has 1 spiro atoms. The molecule has 2 saturated heterocycles. The average Bonchev–Trinajstić information content (AvgIpc) is 3.31. The Labute approximate surface area is 228 Å². The number of rotatable bonds is 2. The van der Waals surface area contributed by atoms with Gasteiger partial charge in [0, 0.05) is 47.8 Å². The highest BCUT2D eigenvalue weighted by atomic mass is 16.6. The number of carbonyl (C=O) groups excluding carboxylic acids is 4. The number of hydrogen-bond acceptors (Lipinski definition) is 5. The standard InChI is InChI=1S/C32H36N2O5/c1-17-8-7-10-22-29-31(4,39-29)19(3)27-24(15-20-16-33-23-11-6-5-9-21(20)23)34-30(38)32(22,27)26(36)13-12-25(35)28(37)18(2)14-17/h5-7,9-11,14,16-17,19,22,24,27,29,33H,8,12-13,15H2,1-4H3,(H,34,38)/b10-7+,18-14-/t17-,19+,22-,24+,27+,29+,31-,32+/m1/s1. The number of H-pyrrole nitrogens is 1. The zero-order valence-electron chi connectivity index (χ0n) is 23.0. The van der Waals surface area contributed by atoms with Crippen molar-refractivity contribution < 1.29 is 23.9 Å². The summed E-state index contributed by atoms with van der Waals surface area (Å²) >= 11 is 0. The van der Waals surface area contributed by atoms with Crippen LogP contribution in [0.4, 0.5) is 0 Å². The van der Waals surface area contributed by atoms with Crippen molar-refractivity contribution >= 4 is 34.2 Å². The molecule has 1 amide bonds. The highest BCUT2D eigenvalue weighted by molar-refractivity contribution is 6.43. The van der Waals surface area contributed by atoms with Gasteiger partial charge < -0.3 is 15.0 Å². The van der Waals surface area contributed by atoms with Gasteiger partial charge in [-0.2, -0.15) is 0 Å². The predicted molar refractivity (Wildman–Crippen MR) is 147 cm³/mol. The van der Waals surface area contributed by atoms with E-state index in [1.54, 1.807) is 6.92 Å². The molecule has 39 heavy (non-hydrogen) atoms. The molecule has 3 fully saturated rings. The maximum atomic E-state index is 14.3. The van der Waals surface area contributed by atoms with Crippen LogP contribution in [-0.2, 0) is 30.3 Å². The van der Waals surface area contributed by atoms with Gasteiger partial charge in [-0.3, -0.25) is 19.2 Å². The van der Waals surface area contributed by atoms with Crippen molar-refractivity contribution in [3.05, 3.63) is 59.8 Å². The molecule has 2 aliphatic carbocycles. The van der Waals surface area contributed by atoms with Gasteiger partial charge in [0.25, 0.3) is 0 Å². The molecule has 6 rings (SSSR count). The van der Waals surface area contributed by atoms with Crippen LogP contribution >= 0.6 is 0 Å². The number of allylic oxidation sites excluding steroid dienone is 3. The smallest absolute Gasteiger partial charge is 0.235 e. The number of ether oxygens (including phenoxy) is 1. The number of aromatic nitrogens is 1.